The van der Waals surface area contributed by atoms with Crippen molar-refractivity contribution < 1.29 is 9.90 Å². The van der Waals surface area contributed by atoms with Crippen LogP contribution in [0.3, 0.4) is 0 Å². The fraction of sp³-hybridized carbons (Fsp3) is 0.500. The maximum atomic E-state index is 11.5. The largest absolute Gasteiger partial charge is 0.481 e. The van der Waals surface area contributed by atoms with Crippen LogP contribution in [0.25, 0.3) is 11.4 Å². The maximum Gasteiger partial charge on any atom is 0.311 e. The van der Waals surface area contributed by atoms with Crippen LogP contribution in [0.15, 0.2) is 12.1 Å². The number of pyridine rings is 1. The summed E-state index contributed by atoms with van der Waals surface area (Å²) in [6, 6.07) is 3.83. The highest BCUT2D eigenvalue weighted by atomic mass is 16.4. The molecule has 0 radical (unpaired) electrons. The summed E-state index contributed by atoms with van der Waals surface area (Å²) in [4.78, 5) is 15.9. The van der Waals surface area contributed by atoms with Crippen LogP contribution in [0.5, 0.6) is 0 Å². The Morgan fingerprint density at radius 1 is 1.38 bits per heavy atom. The predicted molar refractivity (Wildman–Crippen MR) is 74.4 cm³/mol. The van der Waals surface area contributed by atoms with Crippen molar-refractivity contribution in [2.24, 2.45) is 5.41 Å². The van der Waals surface area contributed by atoms with Crippen LogP contribution in [0, 0.1) is 19.3 Å². The standard InChI is InChI=1S/C14H17N5O2/c1-9-4-5-11(10(2)15-9)12-16-17-18-19(12)8-14(13(20)21)6-3-7-14/h4-5H,3,6-8H2,1-2H3,(H,20,21). The second kappa shape index (κ2) is 4.91. The van der Waals surface area contributed by atoms with Crippen LogP contribution >= 0.6 is 0 Å². The number of rotatable bonds is 4. The lowest BCUT2D eigenvalue weighted by atomic mass is 9.69. The van der Waals surface area contributed by atoms with Crippen LogP contribution in [0.1, 0.15) is 30.7 Å². The molecule has 0 amide bonds. The Morgan fingerprint density at radius 3 is 2.71 bits per heavy atom. The van der Waals surface area contributed by atoms with E-state index in [1.54, 1.807) is 4.68 Å². The van der Waals surface area contributed by atoms with Gasteiger partial charge in [0.15, 0.2) is 5.82 Å². The molecule has 0 aromatic carbocycles. The van der Waals surface area contributed by atoms with Crippen molar-refractivity contribution in [2.45, 2.75) is 39.7 Å². The Labute approximate surface area is 122 Å². The van der Waals surface area contributed by atoms with Crippen molar-refractivity contribution >= 4 is 5.97 Å². The van der Waals surface area contributed by atoms with E-state index in [1.807, 2.05) is 26.0 Å². The quantitative estimate of drug-likeness (QED) is 0.918. The summed E-state index contributed by atoms with van der Waals surface area (Å²) in [6.07, 6.45) is 2.29. The maximum absolute atomic E-state index is 11.5. The van der Waals surface area contributed by atoms with Gasteiger partial charge >= 0.3 is 5.97 Å². The predicted octanol–water partition coefficient (Wildman–Crippen LogP) is 1.61. The third-order valence-electron chi connectivity index (χ3n) is 4.21. The van der Waals surface area contributed by atoms with Crippen LogP contribution < -0.4 is 0 Å². The van der Waals surface area contributed by atoms with Gasteiger partial charge in [0.25, 0.3) is 0 Å². The summed E-state index contributed by atoms with van der Waals surface area (Å²) < 4.78 is 1.59. The molecule has 0 unspecified atom stereocenters. The van der Waals surface area contributed by atoms with Crippen molar-refractivity contribution in [1.29, 1.82) is 0 Å². The van der Waals surface area contributed by atoms with Gasteiger partial charge in [-0.2, -0.15) is 0 Å². The van der Waals surface area contributed by atoms with E-state index in [0.29, 0.717) is 25.2 Å². The van der Waals surface area contributed by atoms with Gasteiger partial charge in [-0.25, -0.2) is 4.68 Å². The minimum atomic E-state index is -0.769. The lowest BCUT2D eigenvalue weighted by molar-refractivity contribution is -0.156. The summed E-state index contributed by atoms with van der Waals surface area (Å²) in [5.74, 6) is -0.193. The van der Waals surface area contributed by atoms with Crippen LogP contribution in [0.2, 0.25) is 0 Å². The van der Waals surface area contributed by atoms with E-state index in [-0.39, 0.29) is 0 Å². The molecular weight excluding hydrogens is 270 g/mol. The first-order valence-electron chi connectivity index (χ1n) is 6.96. The molecule has 2 aromatic heterocycles. The third-order valence-corrected chi connectivity index (χ3v) is 4.21. The Balaban J connectivity index is 1.96. The molecule has 1 aliphatic rings. The van der Waals surface area contributed by atoms with Crippen molar-refractivity contribution in [2.75, 3.05) is 0 Å². The molecule has 2 heterocycles. The Bertz CT molecular complexity index is 690. The lowest BCUT2D eigenvalue weighted by Crippen LogP contribution is -2.42. The van der Waals surface area contributed by atoms with E-state index in [4.69, 9.17) is 0 Å². The van der Waals surface area contributed by atoms with Crippen molar-refractivity contribution in [3.63, 3.8) is 0 Å². The lowest BCUT2D eigenvalue weighted by Gasteiger charge is -2.37. The highest BCUT2D eigenvalue weighted by molar-refractivity contribution is 5.75. The fourth-order valence-corrected chi connectivity index (χ4v) is 2.76. The number of carbonyl (C=O) groups is 1. The van der Waals surface area contributed by atoms with Crippen LogP contribution in [-0.2, 0) is 11.3 Å². The van der Waals surface area contributed by atoms with Crippen LogP contribution in [-0.4, -0.2) is 36.3 Å². The fourth-order valence-electron chi connectivity index (χ4n) is 2.76. The Hall–Kier alpha value is -2.31. The number of tetrazole rings is 1. The van der Waals surface area contributed by atoms with Gasteiger partial charge in [0, 0.05) is 17.0 Å². The SMILES string of the molecule is Cc1ccc(-c2nnnn2CC2(C(=O)O)CCC2)c(C)n1. The first-order chi connectivity index (χ1) is 10.0. The Morgan fingerprint density at radius 2 is 2.14 bits per heavy atom. The molecule has 0 atom stereocenters. The van der Waals surface area contributed by atoms with Gasteiger partial charge in [-0.15, -0.1) is 5.10 Å². The van der Waals surface area contributed by atoms with Gasteiger partial charge in [-0.05, 0) is 49.2 Å². The van der Waals surface area contributed by atoms with E-state index in [0.717, 1.165) is 23.4 Å². The molecule has 0 aliphatic heterocycles. The zero-order valence-electron chi connectivity index (χ0n) is 12.1. The number of aryl methyl sites for hydroxylation is 2. The molecule has 3 rings (SSSR count). The number of hydrogen-bond acceptors (Lipinski definition) is 5. The second-order valence-electron chi connectivity index (χ2n) is 5.68. The number of hydrogen-bond donors (Lipinski definition) is 1. The molecule has 0 spiro atoms. The molecule has 7 nitrogen and oxygen atoms in total. The number of aromatic nitrogens is 5. The molecule has 21 heavy (non-hydrogen) atoms. The second-order valence-corrected chi connectivity index (χ2v) is 5.68. The van der Waals surface area contributed by atoms with Crippen LogP contribution in [0.4, 0.5) is 0 Å². The minimum absolute atomic E-state index is 0.304. The number of nitrogens with zero attached hydrogens (tertiary/aromatic N) is 5. The Kier molecular flexibility index (Phi) is 3.19. The summed E-state index contributed by atoms with van der Waals surface area (Å²) >= 11 is 0. The zero-order valence-corrected chi connectivity index (χ0v) is 12.1. The van der Waals surface area contributed by atoms with E-state index < -0.39 is 11.4 Å². The third kappa shape index (κ3) is 2.28. The molecule has 1 saturated carbocycles. The van der Waals surface area contributed by atoms with Crippen molar-refractivity contribution in [1.82, 2.24) is 25.2 Å². The first kappa shape index (κ1) is 13.7. The van der Waals surface area contributed by atoms with Gasteiger partial charge in [0.2, 0.25) is 0 Å². The normalized spacial score (nSPS) is 16.5. The first-order valence-corrected chi connectivity index (χ1v) is 6.96. The molecule has 1 aliphatic carbocycles. The minimum Gasteiger partial charge on any atom is -0.481 e. The van der Waals surface area contributed by atoms with E-state index in [1.165, 1.54) is 0 Å². The summed E-state index contributed by atoms with van der Waals surface area (Å²) in [5, 5.41) is 21.2. The summed E-state index contributed by atoms with van der Waals surface area (Å²) in [7, 11) is 0. The molecule has 0 saturated heterocycles. The van der Waals surface area contributed by atoms with Crippen molar-refractivity contribution in [3.05, 3.63) is 23.5 Å². The average Bonchev–Trinajstić information content (AvgIpc) is 2.81. The topological polar surface area (TPSA) is 93.8 Å². The average molecular weight is 287 g/mol. The molecular formula is C14H17N5O2. The smallest absolute Gasteiger partial charge is 0.311 e. The molecule has 110 valence electrons. The monoisotopic (exact) mass is 287 g/mol. The van der Waals surface area contributed by atoms with E-state index in [9.17, 15) is 9.90 Å². The van der Waals surface area contributed by atoms with Gasteiger partial charge in [0.1, 0.15) is 0 Å². The molecule has 7 heteroatoms. The van der Waals surface area contributed by atoms with E-state index >= 15 is 0 Å². The molecule has 2 aromatic rings. The van der Waals surface area contributed by atoms with Gasteiger partial charge < -0.3 is 5.11 Å². The van der Waals surface area contributed by atoms with Crippen molar-refractivity contribution in [3.8, 4) is 11.4 Å². The zero-order chi connectivity index (χ0) is 15.0. The highest BCUT2D eigenvalue weighted by Gasteiger charge is 2.45. The summed E-state index contributed by atoms with van der Waals surface area (Å²) in [5.41, 5.74) is 1.88. The number of aliphatic carboxylic acids is 1. The van der Waals surface area contributed by atoms with Gasteiger partial charge in [-0.3, -0.25) is 9.78 Å². The highest BCUT2D eigenvalue weighted by Crippen LogP contribution is 2.43. The molecule has 1 fully saturated rings. The molecule has 0 bridgehead atoms. The van der Waals surface area contributed by atoms with E-state index in [2.05, 4.69) is 20.5 Å². The number of carboxylic acids is 1. The number of carboxylic acid groups (broad SMARTS) is 1. The molecule has 1 N–H and O–H groups in total. The van der Waals surface area contributed by atoms with Gasteiger partial charge in [0.05, 0.1) is 12.0 Å². The summed E-state index contributed by atoms with van der Waals surface area (Å²) in [6.45, 7) is 4.13. The van der Waals surface area contributed by atoms with Gasteiger partial charge in [-0.1, -0.05) is 6.42 Å².